The summed E-state index contributed by atoms with van der Waals surface area (Å²) in [7, 11) is 0. The van der Waals surface area contributed by atoms with Crippen LogP contribution in [0.4, 0.5) is 0 Å². The van der Waals surface area contributed by atoms with Crippen molar-refractivity contribution < 1.29 is 9.53 Å². The van der Waals surface area contributed by atoms with E-state index in [1.165, 1.54) is 5.56 Å². The van der Waals surface area contributed by atoms with Gasteiger partial charge in [-0.1, -0.05) is 44.5 Å². The summed E-state index contributed by atoms with van der Waals surface area (Å²) >= 11 is 5.95. The van der Waals surface area contributed by atoms with Crippen LogP contribution >= 0.6 is 11.6 Å². The predicted octanol–water partition coefficient (Wildman–Crippen LogP) is 5.63. The maximum atomic E-state index is 11.0. The van der Waals surface area contributed by atoms with Crippen LogP contribution < -0.4 is 4.74 Å². The van der Waals surface area contributed by atoms with E-state index in [0.29, 0.717) is 22.1 Å². The van der Waals surface area contributed by atoms with Crippen molar-refractivity contribution in [2.75, 3.05) is 0 Å². The molecule has 21 heavy (non-hydrogen) atoms. The van der Waals surface area contributed by atoms with Gasteiger partial charge < -0.3 is 4.74 Å². The Labute approximate surface area is 130 Å². The molecule has 2 nitrogen and oxygen atoms in total. The summed E-state index contributed by atoms with van der Waals surface area (Å²) in [5, 5.41) is 0.541. The van der Waals surface area contributed by atoms with E-state index in [2.05, 4.69) is 32.9 Å². The van der Waals surface area contributed by atoms with Crippen molar-refractivity contribution in [2.24, 2.45) is 0 Å². The third-order valence-electron chi connectivity index (χ3n) is 3.85. The van der Waals surface area contributed by atoms with Gasteiger partial charge >= 0.3 is 0 Å². The molecule has 2 aromatic rings. The third kappa shape index (κ3) is 3.64. The highest BCUT2D eigenvalue weighted by Gasteiger charge is 2.17. The molecule has 0 atom stereocenters. The lowest BCUT2D eigenvalue weighted by molar-refractivity contribution is 0.112. The molecule has 2 aromatic carbocycles. The lowest BCUT2D eigenvalue weighted by atomic mass is 9.82. The van der Waals surface area contributed by atoms with Crippen molar-refractivity contribution in [3.63, 3.8) is 0 Å². The Bertz CT molecular complexity index is 630. The highest BCUT2D eigenvalue weighted by Crippen LogP contribution is 2.31. The number of rotatable bonds is 5. The van der Waals surface area contributed by atoms with Crippen molar-refractivity contribution in [1.29, 1.82) is 0 Å². The SMILES string of the molecule is CCC(C)(C)c1ccc(Oc2cc(Cl)ccc2C=O)cc1. The van der Waals surface area contributed by atoms with Crippen LogP contribution in [-0.4, -0.2) is 6.29 Å². The minimum absolute atomic E-state index is 0.141. The number of ether oxygens (including phenoxy) is 1. The summed E-state index contributed by atoms with van der Waals surface area (Å²) in [4.78, 5) is 11.0. The average molecular weight is 303 g/mol. The second-order valence-corrected chi connectivity index (χ2v) is 6.10. The van der Waals surface area contributed by atoms with Crippen molar-refractivity contribution in [3.05, 3.63) is 58.6 Å². The quantitative estimate of drug-likeness (QED) is 0.669. The van der Waals surface area contributed by atoms with Gasteiger partial charge in [-0.15, -0.1) is 0 Å². The molecule has 0 unspecified atom stereocenters. The highest BCUT2D eigenvalue weighted by atomic mass is 35.5. The molecule has 0 saturated heterocycles. The van der Waals surface area contributed by atoms with E-state index >= 15 is 0 Å². The third-order valence-corrected chi connectivity index (χ3v) is 4.09. The Morgan fingerprint density at radius 3 is 2.38 bits per heavy atom. The largest absolute Gasteiger partial charge is 0.457 e. The van der Waals surface area contributed by atoms with Gasteiger partial charge in [0.15, 0.2) is 6.29 Å². The van der Waals surface area contributed by atoms with E-state index in [-0.39, 0.29) is 5.41 Å². The van der Waals surface area contributed by atoms with E-state index in [1.54, 1.807) is 18.2 Å². The lowest BCUT2D eigenvalue weighted by Gasteiger charge is -2.23. The molecule has 2 rings (SSSR count). The molecule has 0 aliphatic carbocycles. The van der Waals surface area contributed by atoms with Crippen LogP contribution in [0.25, 0.3) is 0 Å². The minimum atomic E-state index is 0.141. The maximum absolute atomic E-state index is 11.0. The van der Waals surface area contributed by atoms with Crippen molar-refractivity contribution >= 4 is 17.9 Å². The first-order chi connectivity index (χ1) is 9.96. The fraction of sp³-hybridized carbons (Fsp3) is 0.278. The molecule has 0 saturated carbocycles. The van der Waals surface area contributed by atoms with Crippen LogP contribution in [0.3, 0.4) is 0 Å². The molecule has 110 valence electrons. The van der Waals surface area contributed by atoms with Crippen LogP contribution in [0, 0.1) is 0 Å². The summed E-state index contributed by atoms with van der Waals surface area (Å²) in [6.45, 7) is 6.60. The molecule has 0 aromatic heterocycles. The Kier molecular flexibility index (Phi) is 4.69. The van der Waals surface area contributed by atoms with Gasteiger partial charge in [-0.2, -0.15) is 0 Å². The van der Waals surface area contributed by atoms with Gasteiger partial charge in [0.1, 0.15) is 11.5 Å². The van der Waals surface area contributed by atoms with E-state index in [9.17, 15) is 4.79 Å². The van der Waals surface area contributed by atoms with E-state index in [1.807, 2.05) is 12.1 Å². The Morgan fingerprint density at radius 1 is 1.14 bits per heavy atom. The monoisotopic (exact) mass is 302 g/mol. The normalized spacial score (nSPS) is 11.2. The molecule has 0 radical (unpaired) electrons. The summed E-state index contributed by atoms with van der Waals surface area (Å²) < 4.78 is 5.77. The Hall–Kier alpha value is -1.80. The Balaban J connectivity index is 2.25. The minimum Gasteiger partial charge on any atom is -0.457 e. The number of halogens is 1. The number of carbonyl (C=O) groups is 1. The molecule has 0 bridgehead atoms. The second kappa shape index (κ2) is 6.31. The standard InChI is InChI=1S/C18H19ClO2/c1-4-18(2,3)14-6-9-16(10-7-14)21-17-11-15(19)8-5-13(17)12-20/h5-12H,4H2,1-3H3. The summed E-state index contributed by atoms with van der Waals surface area (Å²) in [6.07, 6.45) is 1.83. The van der Waals surface area contributed by atoms with Gasteiger partial charge in [0, 0.05) is 11.1 Å². The van der Waals surface area contributed by atoms with Crippen LogP contribution in [0.2, 0.25) is 5.02 Å². The molecule has 0 heterocycles. The van der Waals surface area contributed by atoms with Gasteiger partial charge in [0.2, 0.25) is 0 Å². The van der Waals surface area contributed by atoms with E-state index in [0.717, 1.165) is 12.7 Å². The molecule has 0 amide bonds. The molecule has 0 aliphatic rings. The lowest BCUT2D eigenvalue weighted by Crippen LogP contribution is -2.14. The number of carbonyl (C=O) groups excluding carboxylic acids is 1. The van der Waals surface area contributed by atoms with Gasteiger partial charge in [0.25, 0.3) is 0 Å². The van der Waals surface area contributed by atoms with Crippen LogP contribution in [-0.2, 0) is 5.41 Å². The van der Waals surface area contributed by atoms with Crippen LogP contribution in [0.15, 0.2) is 42.5 Å². The topological polar surface area (TPSA) is 26.3 Å². The fourth-order valence-electron chi connectivity index (χ4n) is 2.00. The van der Waals surface area contributed by atoms with Crippen LogP contribution in [0.1, 0.15) is 43.1 Å². The van der Waals surface area contributed by atoms with E-state index < -0.39 is 0 Å². The van der Waals surface area contributed by atoms with Crippen LogP contribution in [0.5, 0.6) is 11.5 Å². The number of hydrogen-bond acceptors (Lipinski definition) is 2. The van der Waals surface area contributed by atoms with Gasteiger partial charge in [0.05, 0.1) is 5.56 Å². The fourth-order valence-corrected chi connectivity index (χ4v) is 2.16. The number of hydrogen-bond donors (Lipinski definition) is 0. The second-order valence-electron chi connectivity index (χ2n) is 5.66. The van der Waals surface area contributed by atoms with Crippen molar-refractivity contribution in [1.82, 2.24) is 0 Å². The summed E-state index contributed by atoms with van der Waals surface area (Å²) in [6, 6.07) is 12.9. The molecule has 0 aliphatic heterocycles. The van der Waals surface area contributed by atoms with Crippen molar-refractivity contribution in [3.8, 4) is 11.5 Å². The summed E-state index contributed by atoms with van der Waals surface area (Å²) in [5.41, 5.74) is 1.89. The predicted molar refractivity (Wildman–Crippen MR) is 86.7 cm³/mol. The number of benzene rings is 2. The zero-order valence-electron chi connectivity index (χ0n) is 12.5. The van der Waals surface area contributed by atoms with Gasteiger partial charge in [-0.3, -0.25) is 4.79 Å². The zero-order valence-corrected chi connectivity index (χ0v) is 13.3. The summed E-state index contributed by atoms with van der Waals surface area (Å²) in [5.74, 6) is 1.16. The highest BCUT2D eigenvalue weighted by molar-refractivity contribution is 6.30. The first kappa shape index (κ1) is 15.6. The van der Waals surface area contributed by atoms with Gasteiger partial charge in [-0.25, -0.2) is 0 Å². The molecule has 0 fully saturated rings. The molecule has 0 N–H and O–H groups in total. The maximum Gasteiger partial charge on any atom is 0.153 e. The zero-order chi connectivity index (χ0) is 15.5. The molecule has 0 spiro atoms. The van der Waals surface area contributed by atoms with Crippen molar-refractivity contribution in [2.45, 2.75) is 32.6 Å². The number of aldehydes is 1. The first-order valence-corrected chi connectivity index (χ1v) is 7.37. The van der Waals surface area contributed by atoms with Gasteiger partial charge in [-0.05, 0) is 41.7 Å². The molecule has 3 heteroatoms. The smallest absolute Gasteiger partial charge is 0.153 e. The molecular formula is C18H19ClO2. The molecular weight excluding hydrogens is 284 g/mol. The van der Waals surface area contributed by atoms with E-state index in [4.69, 9.17) is 16.3 Å². The Morgan fingerprint density at radius 2 is 1.81 bits per heavy atom. The first-order valence-electron chi connectivity index (χ1n) is 6.99. The average Bonchev–Trinajstić information content (AvgIpc) is 2.48.